The number of rotatable bonds is 1. The van der Waals surface area contributed by atoms with Crippen molar-refractivity contribution in [2.45, 2.75) is 25.7 Å². The Bertz CT molecular complexity index is 173. The van der Waals surface area contributed by atoms with Gasteiger partial charge in [-0.3, -0.25) is 0 Å². The van der Waals surface area contributed by atoms with E-state index in [-0.39, 0.29) is 0 Å². The van der Waals surface area contributed by atoms with Crippen molar-refractivity contribution in [1.29, 1.82) is 0 Å². The van der Waals surface area contributed by atoms with Gasteiger partial charge in [-0.15, -0.1) is 0 Å². The van der Waals surface area contributed by atoms with Crippen LogP contribution in [0.15, 0.2) is 22.2 Å². The summed E-state index contributed by atoms with van der Waals surface area (Å²) in [5.41, 5.74) is 0. The molecule has 0 atom stereocenters. The number of halogens is 2. The third kappa shape index (κ3) is 3.78. The van der Waals surface area contributed by atoms with Crippen molar-refractivity contribution >= 4 is 18.8 Å². The summed E-state index contributed by atoms with van der Waals surface area (Å²) in [6.45, 7) is 0. The Labute approximate surface area is 81.7 Å². The van der Waals surface area contributed by atoms with E-state index in [1.165, 1.54) is 23.2 Å². The fourth-order valence-electron chi connectivity index (χ4n) is 0.991. The normalized spacial score (nSPS) is 20.2. The van der Waals surface area contributed by atoms with E-state index in [4.69, 9.17) is 18.8 Å². The SMILES string of the molecule is [Cl][Pt]([Cl])[C]1=CC=CCCCC1. The maximum atomic E-state index is 5.90. The van der Waals surface area contributed by atoms with Crippen LogP contribution < -0.4 is 0 Å². The Hall–Kier alpha value is 0.748. The molecule has 1 rings (SSSR count). The molecule has 0 N–H and O–H groups in total. The third-order valence-electron chi connectivity index (χ3n) is 1.58. The first-order valence-electron chi connectivity index (χ1n) is 3.61. The Morgan fingerprint density at radius 2 is 2.09 bits per heavy atom. The third-order valence-corrected chi connectivity index (χ3v) is 6.14. The van der Waals surface area contributed by atoms with Crippen molar-refractivity contribution in [2.75, 3.05) is 0 Å². The van der Waals surface area contributed by atoms with Gasteiger partial charge in [0.1, 0.15) is 0 Å². The van der Waals surface area contributed by atoms with Gasteiger partial charge in [0.2, 0.25) is 0 Å². The predicted octanol–water partition coefficient (Wildman–Crippen LogP) is 3.93. The Kier molecular flexibility index (Phi) is 4.83. The van der Waals surface area contributed by atoms with Gasteiger partial charge in [0.05, 0.1) is 0 Å². The second-order valence-corrected chi connectivity index (χ2v) is 9.97. The van der Waals surface area contributed by atoms with Gasteiger partial charge in [0.15, 0.2) is 0 Å². The molecule has 0 fully saturated rings. The van der Waals surface area contributed by atoms with Crippen LogP contribution in [0.5, 0.6) is 0 Å². The quantitative estimate of drug-likeness (QED) is 0.654. The van der Waals surface area contributed by atoms with E-state index < -0.39 is 15.2 Å². The van der Waals surface area contributed by atoms with E-state index in [0.29, 0.717) is 0 Å². The van der Waals surface area contributed by atoms with E-state index in [1.54, 1.807) is 0 Å². The first kappa shape index (κ1) is 9.83. The molecular weight excluding hydrogens is 362 g/mol. The van der Waals surface area contributed by atoms with Crippen LogP contribution in [0.2, 0.25) is 0 Å². The fourth-order valence-corrected chi connectivity index (χ4v) is 3.96. The summed E-state index contributed by atoms with van der Waals surface area (Å²) in [5, 5.41) is 0. The maximum absolute atomic E-state index is 5.90. The average Bonchev–Trinajstić information content (AvgIpc) is 1.84. The van der Waals surface area contributed by atoms with E-state index in [2.05, 4.69) is 18.2 Å². The van der Waals surface area contributed by atoms with Crippen molar-refractivity contribution < 1.29 is 15.2 Å². The summed E-state index contributed by atoms with van der Waals surface area (Å²) >= 11 is -1.71. The molecule has 0 spiro atoms. The average molecular weight is 373 g/mol. The van der Waals surface area contributed by atoms with Crippen LogP contribution in [0.4, 0.5) is 0 Å². The summed E-state index contributed by atoms with van der Waals surface area (Å²) < 4.78 is 1.30. The summed E-state index contributed by atoms with van der Waals surface area (Å²) in [5.74, 6) is 0. The molecule has 1 aliphatic carbocycles. The van der Waals surface area contributed by atoms with Crippen LogP contribution in [-0.4, -0.2) is 0 Å². The summed E-state index contributed by atoms with van der Waals surface area (Å²) in [4.78, 5) is 0. The summed E-state index contributed by atoms with van der Waals surface area (Å²) in [6, 6.07) is 0. The first-order chi connectivity index (χ1) is 5.30. The van der Waals surface area contributed by atoms with Crippen molar-refractivity contribution in [2.24, 2.45) is 0 Å². The van der Waals surface area contributed by atoms with Gasteiger partial charge in [-0.05, 0) is 0 Å². The molecular formula is C8H11Cl2Pt. The standard InChI is InChI=1S/C8H11.2ClH.Pt/c1-2-4-6-8-7-5-3-1;;;/h1-3H,4,6-8H2;2*1H;/q;;;+2/p-2. The van der Waals surface area contributed by atoms with E-state index in [1.807, 2.05) is 0 Å². The first-order valence-corrected chi connectivity index (χ1v) is 10.4. The molecule has 0 aromatic heterocycles. The van der Waals surface area contributed by atoms with Crippen LogP contribution in [0.3, 0.4) is 0 Å². The van der Waals surface area contributed by atoms with Gasteiger partial charge in [0.25, 0.3) is 0 Å². The molecule has 0 aliphatic heterocycles. The summed E-state index contributed by atoms with van der Waals surface area (Å²) in [7, 11) is 11.8. The second kappa shape index (κ2) is 5.40. The molecule has 3 heteroatoms. The zero-order valence-corrected chi connectivity index (χ0v) is 9.92. The predicted molar refractivity (Wildman–Crippen MR) is 47.4 cm³/mol. The van der Waals surface area contributed by atoms with E-state index in [9.17, 15) is 0 Å². The van der Waals surface area contributed by atoms with Crippen LogP contribution in [-0.2, 0) is 15.2 Å². The van der Waals surface area contributed by atoms with E-state index >= 15 is 0 Å². The minimum absolute atomic E-state index is 1.11. The van der Waals surface area contributed by atoms with Crippen LogP contribution >= 0.6 is 18.8 Å². The topological polar surface area (TPSA) is 0 Å². The van der Waals surface area contributed by atoms with Gasteiger partial charge in [-0.25, -0.2) is 0 Å². The van der Waals surface area contributed by atoms with Gasteiger partial charge >= 0.3 is 81.9 Å². The fraction of sp³-hybridized carbons (Fsp3) is 0.500. The molecule has 0 saturated heterocycles. The molecule has 1 aliphatic rings. The van der Waals surface area contributed by atoms with Crippen LogP contribution in [0.1, 0.15) is 25.7 Å². The van der Waals surface area contributed by atoms with Crippen LogP contribution in [0, 0.1) is 0 Å². The van der Waals surface area contributed by atoms with Crippen molar-refractivity contribution in [3.63, 3.8) is 0 Å². The molecule has 0 heterocycles. The molecule has 0 unspecified atom stereocenters. The molecule has 0 radical (unpaired) electrons. The minimum atomic E-state index is -1.71. The molecule has 0 saturated carbocycles. The molecule has 67 valence electrons. The summed E-state index contributed by atoms with van der Waals surface area (Å²) in [6.07, 6.45) is 11.2. The number of allylic oxidation sites excluding steroid dienone is 4. The molecule has 0 nitrogen and oxygen atoms in total. The number of hydrogen-bond acceptors (Lipinski definition) is 0. The van der Waals surface area contributed by atoms with Crippen molar-refractivity contribution in [1.82, 2.24) is 0 Å². The molecule has 0 aromatic rings. The monoisotopic (exact) mass is 372 g/mol. The molecule has 11 heavy (non-hydrogen) atoms. The van der Waals surface area contributed by atoms with Gasteiger partial charge in [0, 0.05) is 0 Å². The van der Waals surface area contributed by atoms with Crippen LogP contribution in [0.25, 0.3) is 0 Å². The van der Waals surface area contributed by atoms with E-state index in [0.717, 1.165) is 6.42 Å². The van der Waals surface area contributed by atoms with Gasteiger partial charge in [-0.1, -0.05) is 0 Å². The Balaban J connectivity index is 2.58. The van der Waals surface area contributed by atoms with Gasteiger partial charge in [-0.2, -0.15) is 0 Å². The van der Waals surface area contributed by atoms with Crippen molar-refractivity contribution in [3.05, 3.63) is 22.2 Å². The zero-order valence-electron chi connectivity index (χ0n) is 6.13. The molecule has 0 aromatic carbocycles. The molecule has 0 bridgehead atoms. The van der Waals surface area contributed by atoms with Gasteiger partial charge < -0.3 is 0 Å². The number of hydrogen-bond donors (Lipinski definition) is 0. The Morgan fingerprint density at radius 1 is 1.27 bits per heavy atom. The zero-order chi connectivity index (χ0) is 8.10. The molecule has 0 amide bonds. The van der Waals surface area contributed by atoms with Crippen molar-refractivity contribution in [3.8, 4) is 0 Å². The Morgan fingerprint density at radius 3 is 2.82 bits per heavy atom. The second-order valence-electron chi connectivity index (χ2n) is 2.41.